The molecule has 0 unspecified atom stereocenters. The van der Waals surface area contributed by atoms with Crippen LogP contribution in [0.1, 0.15) is 24.0 Å². The molecule has 1 atom stereocenters. The summed E-state index contributed by atoms with van der Waals surface area (Å²) >= 11 is 0. The number of sulfonamides is 1. The average molecular weight is 285 g/mol. The Morgan fingerprint density at radius 3 is 2.84 bits per heavy atom. The predicted octanol–water partition coefficient (Wildman–Crippen LogP) is 0.768. The fraction of sp³-hybridized carbons (Fsp3) is 0.538. The Kier molecular flexibility index (Phi) is 3.85. The summed E-state index contributed by atoms with van der Waals surface area (Å²) < 4.78 is 29.9. The molecule has 1 aromatic carbocycles. The van der Waals surface area contributed by atoms with Crippen molar-refractivity contribution in [2.24, 2.45) is 0 Å². The first kappa shape index (κ1) is 14.3. The second kappa shape index (κ2) is 5.11. The Labute approximate surface area is 113 Å². The predicted molar refractivity (Wildman–Crippen MR) is 72.7 cm³/mol. The van der Waals surface area contributed by atoms with Crippen molar-refractivity contribution in [1.82, 2.24) is 4.72 Å². The van der Waals surface area contributed by atoms with Crippen LogP contribution in [0.2, 0.25) is 0 Å². The molecule has 106 valence electrons. The number of benzene rings is 1. The first-order valence-electron chi connectivity index (χ1n) is 6.18. The topological polar surface area (TPSA) is 75.6 Å². The van der Waals surface area contributed by atoms with Crippen molar-refractivity contribution >= 4 is 10.0 Å². The summed E-state index contributed by atoms with van der Waals surface area (Å²) in [6.07, 6.45) is 3.33. The van der Waals surface area contributed by atoms with Crippen molar-refractivity contribution in [3.63, 3.8) is 0 Å². The van der Waals surface area contributed by atoms with Crippen LogP contribution in [-0.2, 0) is 22.0 Å². The van der Waals surface area contributed by atoms with E-state index in [1.165, 1.54) is 0 Å². The van der Waals surface area contributed by atoms with Gasteiger partial charge >= 0.3 is 0 Å². The summed E-state index contributed by atoms with van der Waals surface area (Å²) in [5, 5.41) is 10.7. The third-order valence-corrected chi connectivity index (χ3v) is 4.15. The van der Waals surface area contributed by atoms with Crippen LogP contribution < -0.4 is 9.46 Å². The van der Waals surface area contributed by atoms with Gasteiger partial charge in [-0.05, 0) is 42.5 Å². The van der Waals surface area contributed by atoms with Crippen LogP contribution in [0.15, 0.2) is 18.2 Å². The van der Waals surface area contributed by atoms with Gasteiger partial charge in [-0.15, -0.1) is 0 Å². The van der Waals surface area contributed by atoms with E-state index in [0.29, 0.717) is 6.42 Å². The first-order chi connectivity index (χ1) is 8.84. The van der Waals surface area contributed by atoms with Crippen molar-refractivity contribution in [2.45, 2.75) is 24.9 Å². The summed E-state index contributed by atoms with van der Waals surface area (Å²) in [6.45, 7) is 0.00512. The van der Waals surface area contributed by atoms with E-state index in [2.05, 4.69) is 4.72 Å². The number of nitrogens with one attached hydrogen (secondary N) is 1. The van der Waals surface area contributed by atoms with E-state index < -0.39 is 15.6 Å². The second-order valence-electron chi connectivity index (χ2n) is 5.00. The zero-order valence-corrected chi connectivity index (χ0v) is 12.0. The zero-order valence-electron chi connectivity index (χ0n) is 11.1. The number of fused-ring (bicyclic) bond motifs is 1. The van der Waals surface area contributed by atoms with E-state index >= 15 is 0 Å². The van der Waals surface area contributed by atoms with E-state index in [1.54, 1.807) is 13.2 Å². The van der Waals surface area contributed by atoms with Crippen molar-refractivity contribution in [3.8, 4) is 5.75 Å². The summed E-state index contributed by atoms with van der Waals surface area (Å²) in [7, 11) is -1.71. The Hall–Kier alpha value is -1.11. The number of aliphatic hydroxyl groups is 1. The van der Waals surface area contributed by atoms with Crippen LogP contribution in [0, 0.1) is 0 Å². The normalized spacial score (nSPS) is 22.9. The third-order valence-electron chi connectivity index (χ3n) is 3.48. The molecule has 0 fully saturated rings. The average Bonchev–Trinajstić information content (AvgIpc) is 2.36. The highest BCUT2D eigenvalue weighted by molar-refractivity contribution is 7.88. The van der Waals surface area contributed by atoms with Crippen LogP contribution in [0.25, 0.3) is 0 Å². The van der Waals surface area contributed by atoms with Gasteiger partial charge in [0.1, 0.15) is 11.4 Å². The molecule has 1 aromatic rings. The second-order valence-corrected chi connectivity index (χ2v) is 6.83. The van der Waals surface area contributed by atoms with E-state index in [1.807, 2.05) is 12.1 Å². The summed E-state index contributed by atoms with van der Waals surface area (Å²) in [5.41, 5.74) is 0.669. The summed E-state index contributed by atoms with van der Waals surface area (Å²) in [6, 6.07) is 5.51. The highest BCUT2D eigenvalue weighted by Crippen LogP contribution is 2.36. The van der Waals surface area contributed by atoms with Gasteiger partial charge < -0.3 is 9.84 Å². The van der Waals surface area contributed by atoms with Crippen LogP contribution in [0.4, 0.5) is 0 Å². The standard InChI is InChI=1S/C13H19NO4S/c1-18-11-5-6-12-10(8-11)4-3-7-13(12,15)9-14-19(2,16)17/h5-6,8,14-15H,3-4,7,9H2,1-2H3/t13-/m1/s1. The molecule has 2 N–H and O–H groups in total. The van der Waals surface area contributed by atoms with Crippen molar-refractivity contribution in [2.75, 3.05) is 19.9 Å². The maximum Gasteiger partial charge on any atom is 0.208 e. The van der Waals surface area contributed by atoms with Gasteiger partial charge in [-0.2, -0.15) is 0 Å². The fourth-order valence-electron chi connectivity index (χ4n) is 2.50. The monoisotopic (exact) mass is 285 g/mol. The van der Waals surface area contributed by atoms with Crippen LogP contribution in [-0.4, -0.2) is 33.4 Å². The lowest BCUT2D eigenvalue weighted by Crippen LogP contribution is -2.42. The maximum absolute atomic E-state index is 11.2. The Balaban J connectivity index is 2.30. The SMILES string of the molecule is COc1ccc2c(c1)CCC[C@@]2(O)CNS(C)(=O)=O. The fourth-order valence-corrected chi connectivity index (χ4v) is 3.00. The van der Waals surface area contributed by atoms with Gasteiger partial charge in [0.2, 0.25) is 10.0 Å². The quantitative estimate of drug-likeness (QED) is 0.857. The zero-order chi connectivity index (χ0) is 14.1. The van der Waals surface area contributed by atoms with Gasteiger partial charge in [0.25, 0.3) is 0 Å². The summed E-state index contributed by atoms with van der Waals surface area (Å²) in [5.74, 6) is 0.749. The largest absolute Gasteiger partial charge is 0.497 e. The molecule has 0 heterocycles. The highest BCUT2D eigenvalue weighted by Gasteiger charge is 2.35. The van der Waals surface area contributed by atoms with Gasteiger partial charge in [0.15, 0.2) is 0 Å². The molecular weight excluding hydrogens is 266 g/mol. The molecule has 6 heteroatoms. The van der Waals surface area contributed by atoms with Crippen LogP contribution >= 0.6 is 0 Å². The Morgan fingerprint density at radius 1 is 1.47 bits per heavy atom. The van der Waals surface area contributed by atoms with Gasteiger partial charge in [0, 0.05) is 6.54 Å². The van der Waals surface area contributed by atoms with Gasteiger partial charge in [-0.1, -0.05) is 6.07 Å². The molecule has 0 amide bonds. The molecule has 0 bridgehead atoms. The minimum absolute atomic E-state index is 0.00512. The van der Waals surface area contributed by atoms with E-state index in [4.69, 9.17) is 4.74 Å². The molecule has 0 radical (unpaired) electrons. The Bertz CT molecular complexity index is 570. The lowest BCUT2D eigenvalue weighted by Gasteiger charge is -2.34. The third kappa shape index (κ3) is 3.26. The molecule has 0 saturated heterocycles. The van der Waals surface area contributed by atoms with Gasteiger partial charge in [-0.25, -0.2) is 13.1 Å². The smallest absolute Gasteiger partial charge is 0.208 e. The Morgan fingerprint density at radius 2 is 2.21 bits per heavy atom. The van der Waals surface area contributed by atoms with Crippen molar-refractivity contribution in [3.05, 3.63) is 29.3 Å². The molecule has 0 saturated carbocycles. The van der Waals surface area contributed by atoms with E-state index in [9.17, 15) is 13.5 Å². The lowest BCUT2D eigenvalue weighted by atomic mass is 9.79. The minimum atomic E-state index is -3.31. The number of ether oxygens (including phenoxy) is 1. The number of rotatable bonds is 4. The van der Waals surface area contributed by atoms with Crippen LogP contribution in [0.3, 0.4) is 0 Å². The number of hydrogen-bond donors (Lipinski definition) is 2. The molecule has 2 rings (SSSR count). The minimum Gasteiger partial charge on any atom is -0.497 e. The molecule has 0 spiro atoms. The molecule has 1 aliphatic carbocycles. The number of aryl methyl sites for hydroxylation is 1. The number of methoxy groups -OCH3 is 1. The molecule has 0 aliphatic heterocycles. The molecular formula is C13H19NO4S. The lowest BCUT2D eigenvalue weighted by molar-refractivity contribution is 0.0243. The molecule has 19 heavy (non-hydrogen) atoms. The highest BCUT2D eigenvalue weighted by atomic mass is 32.2. The molecule has 5 nitrogen and oxygen atoms in total. The first-order valence-corrected chi connectivity index (χ1v) is 8.08. The van der Waals surface area contributed by atoms with Crippen molar-refractivity contribution < 1.29 is 18.3 Å². The molecule has 0 aromatic heterocycles. The van der Waals surface area contributed by atoms with E-state index in [0.717, 1.165) is 36.0 Å². The summed E-state index contributed by atoms with van der Waals surface area (Å²) in [4.78, 5) is 0. The van der Waals surface area contributed by atoms with E-state index in [-0.39, 0.29) is 6.54 Å². The van der Waals surface area contributed by atoms with Gasteiger partial charge in [-0.3, -0.25) is 0 Å². The van der Waals surface area contributed by atoms with Gasteiger partial charge in [0.05, 0.1) is 13.4 Å². The molecule has 1 aliphatic rings. The maximum atomic E-state index is 11.2. The van der Waals surface area contributed by atoms with Crippen molar-refractivity contribution in [1.29, 1.82) is 0 Å². The van der Waals surface area contributed by atoms with Crippen LogP contribution in [0.5, 0.6) is 5.75 Å². The number of hydrogen-bond acceptors (Lipinski definition) is 4.